The minimum absolute atomic E-state index is 0.0166. The first-order valence-electron chi connectivity index (χ1n) is 12.8. The molecule has 1 amide bonds. The van der Waals surface area contributed by atoms with Crippen LogP contribution in [0.15, 0.2) is 69.0 Å². The number of hydrogen-bond acceptors (Lipinski definition) is 11. The Morgan fingerprint density at radius 3 is 2.61 bits per heavy atom. The highest BCUT2D eigenvalue weighted by Crippen LogP contribution is 2.28. The van der Waals surface area contributed by atoms with E-state index >= 15 is 0 Å². The minimum Gasteiger partial charge on any atom is -0.456 e. The summed E-state index contributed by atoms with van der Waals surface area (Å²) in [5, 5.41) is 13.5. The molecule has 13 heteroatoms. The van der Waals surface area contributed by atoms with E-state index in [1.54, 1.807) is 26.8 Å². The number of amides is 1. The third kappa shape index (κ3) is 6.19. The van der Waals surface area contributed by atoms with Gasteiger partial charge in [0.1, 0.15) is 46.6 Å². The van der Waals surface area contributed by atoms with Crippen molar-refractivity contribution in [1.29, 1.82) is 5.41 Å². The molecule has 13 nitrogen and oxygen atoms in total. The molecule has 0 aliphatic carbocycles. The van der Waals surface area contributed by atoms with Crippen molar-refractivity contribution >= 4 is 35.4 Å². The lowest BCUT2D eigenvalue weighted by Gasteiger charge is -2.25. The third-order valence-electron chi connectivity index (χ3n) is 6.01. The quantitative estimate of drug-likeness (QED) is 0.235. The standard InChI is InChI=1S/C28H30N8O5/c1-28(2,3)41-26(38)18-9-8-15(22(29)30)13-19(18)40-25-21-23(32-14-20(37)33-21)34-27(35-25)39-17-7-5-6-16(12-17)24-31-10-11-36(24)4/h5-9,12-13H,10-11,14H2,1-4H3,(H3,29,30)(H,33,37)(H,32,34,35). The van der Waals surface area contributed by atoms with E-state index in [9.17, 15) is 9.59 Å². The van der Waals surface area contributed by atoms with Crippen molar-refractivity contribution in [2.75, 3.05) is 26.7 Å². The molecule has 0 saturated carbocycles. The van der Waals surface area contributed by atoms with E-state index in [1.807, 2.05) is 25.2 Å². The van der Waals surface area contributed by atoms with E-state index in [-0.39, 0.29) is 53.0 Å². The molecule has 41 heavy (non-hydrogen) atoms. The molecular weight excluding hydrogens is 528 g/mol. The molecule has 5 rings (SSSR count). The highest BCUT2D eigenvalue weighted by Gasteiger charge is 2.30. The first kappa shape index (κ1) is 27.4. The van der Waals surface area contributed by atoms with E-state index in [2.05, 4.69) is 30.5 Å². The fourth-order valence-corrected chi connectivity index (χ4v) is 4.16. The van der Waals surface area contributed by atoms with Gasteiger partial charge in [-0.15, -0.1) is 0 Å². The molecule has 2 aromatic rings. The number of carbonyl (C=O) groups excluding carboxylic acids is 2. The van der Waals surface area contributed by atoms with Gasteiger partial charge in [-0.3, -0.25) is 25.5 Å². The van der Waals surface area contributed by atoms with Gasteiger partial charge in [0.2, 0.25) is 5.91 Å². The lowest BCUT2D eigenvalue weighted by Crippen LogP contribution is -2.48. The highest BCUT2D eigenvalue weighted by molar-refractivity contribution is 6.13. The van der Waals surface area contributed by atoms with Crippen molar-refractivity contribution < 1.29 is 23.8 Å². The van der Waals surface area contributed by atoms with Crippen LogP contribution in [0.25, 0.3) is 0 Å². The van der Waals surface area contributed by atoms with Crippen LogP contribution in [-0.2, 0) is 9.53 Å². The minimum atomic E-state index is -0.770. The summed E-state index contributed by atoms with van der Waals surface area (Å²) in [6.07, 6.45) is 0. The Morgan fingerprint density at radius 1 is 1.10 bits per heavy atom. The number of nitrogen functional groups attached to an aromatic ring is 1. The lowest BCUT2D eigenvalue weighted by atomic mass is 10.1. The highest BCUT2D eigenvalue weighted by atomic mass is 16.6. The molecule has 0 spiro atoms. The summed E-state index contributed by atoms with van der Waals surface area (Å²) in [6.45, 7) is 6.68. The number of likely N-dealkylation sites (N-methyl/N-ethyl adjacent to an activating group) is 1. The second-order valence-electron chi connectivity index (χ2n) is 10.4. The topological polar surface area (TPSA) is 176 Å². The van der Waals surface area contributed by atoms with Crippen molar-refractivity contribution in [3.63, 3.8) is 0 Å². The Hall–Kier alpha value is -5.20. The predicted molar refractivity (Wildman–Crippen MR) is 152 cm³/mol. The molecule has 3 aliphatic heterocycles. The van der Waals surface area contributed by atoms with Gasteiger partial charge in [-0.1, -0.05) is 18.2 Å². The van der Waals surface area contributed by atoms with Crippen molar-refractivity contribution in [3.05, 3.63) is 70.7 Å². The second-order valence-corrected chi connectivity index (χ2v) is 10.4. The number of nitrogens with zero attached hydrogens (tertiary/aromatic N) is 4. The fourth-order valence-electron chi connectivity index (χ4n) is 4.16. The van der Waals surface area contributed by atoms with Crippen LogP contribution in [0.4, 0.5) is 0 Å². The number of esters is 1. The van der Waals surface area contributed by atoms with Gasteiger partial charge in [-0.25, -0.2) is 4.79 Å². The third-order valence-corrected chi connectivity index (χ3v) is 6.01. The first-order valence-corrected chi connectivity index (χ1v) is 12.8. The van der Waals surface area contributed by atoms with Gasteiger partial charge in [-0.2, -0.15) is 4.99 Å². The molecule has 0 saturated heterocycles. The molecule has 5 N–H and O–H groups in total. The lowest BCUT2D eigenvalue weighted by molar-refractivity contribution is -0.119. The number of aliphatic imine (C=N–C) groups is 3. The average molecular weight is 559 g/mol. The molecule has 0 bridgehead atoms. The van der Waals surface area contributed by atoms with Crippen LogP contribution in [0, 0.1) is 5.41 Å². The number of fused-ring (bicyclic) bond motifs is 1. The zero-order valence-corrected chi connectivity index (χ0v) is 23.1. The molecule has 212 valence electrons. The predicted octanol–water partition coefficient (Wildman–Crippen LogP) is 1.73. The molecule has 0 radical (unpaired) electrons. The Bertz CT molecular complexity index is 1570. The van der Waals surface area contributed by atoms with E-state index in [0.29, 0.717) is 11.3 Å². The number of hydrogen-bond donors (Lipinski definition) is 4. The van der Waals surface area contributed by atoms with Crippen molar-refractivity contribution in [3.8, 4) is 11.5 Å². The number of rotatable bonds is 6. The van der Waals surface area contributed by atoms with E-state index in [4.69, 9.17) is 25.4 Å². The van der Waals surface area contributed by atoms with Crippen molar-refractivity contribution in [2.24, 2.45) is 20.7 Å². The monoisotopic (exact) mass is 558 g/mol. The largest absolute Gasteiger partial charge is 0.456 e. The van der Waals surface area contributed by atoms with Gasteiger partial charge < -0.3 is 30.2 Å². The number of ether oxygens (including phenoxy) is 3. The van der Waals surface area contributed by atoms with Crippen LogP contribution >= 0.6 is 0 Å². The van der Waals surface area contributed by atoms with Crippen LogP contribution in [0.3, 0.4) is 0 Å². The SMILES string of the molecule is CN1CCN=C1c1cccc(OC2=NC(Oc3cc(C(=N)N)ccc3C(=O)OC(C)(C)C)=C3NC(=O)CN=C3N2)c1. The van der Waals surface area contributed by atoms with Gasteiger partial charge >= 0.3 is 12.0 Å². The Labute approximate surface area is 236 Å². The van der Waals surface area contributed by atoms with E-state index in [0.717, 1.165) is 24.5 Å². The smallest absolute Gasteiger partial charge is 0.342 e. The van der Waals surface area contributed by atoms with Crippen LogP contribution in [0.5, 0.6) is 11.5 Å². The van der Waals surface area contributed by atoms with E-state index in [1.165, 1.54) is 18.2 Å². The maximum Gasteiger partial charge on any atom is 0.342 e. The zero-order valence-electron chi connectivity index (χ0n) is 23.1. The summed E-state index contributed by atoms with van der Waals surface area (Å²) < 4.78 is 17.7. The number of nitrogens with one attached hydrogen (secondary N) is 3. The van der Waals surface area contributed by atoms with Gasteiger partial charge in [0.05, 0.1) is 6.54 Å². The van der Waals surface area contributed by atoms with Crippen molar-refractivity contribution in [1.82, 2.24) is 15.5 Å². The molecule has 0 unspecified atom stereocenters. The van der Waals surface area contributed by atoms with Crippen LogP contribution < -0.4 is 25.8 Å². The molecule has 0 atom stereocenters. The summed E-state index contributed by atoms with van der Waals surface area (Å²) in [6, 6.07) is 11.8. The maximum absolute atomic E-state index is 13.0. The fraction of sp³-hybridized carbons (Fsp3) is 0.286. The Balaban J connectivity index is 1.51. The molecule has 0 aromatic heterocycles. The van der Waals surface area contributed by atoms with Gasteiger partial charge in [-0.05, 0) is 45.0 Å². The summed E-state index contributed by atoms with van der Waals surface area (Å²) >= 11 is 0. The Kier molecular flexibility index (Phi) is 7.18. The molecular formula is C28H30N8O5. The second kappa shape index (κ2) is 10.8. The van der Waals surface area contributed by atoms with Gasteiger partial charge in [0.25, 0.3) is 5.88 Å². The number of amidine groups is 4. The summed E-state index contributed by atoms with van der Waals surface area (Å²) in [5.41, 5.74) is 6.36. The maximum atomic E-state index is 13.0. The molecule has 3 aliphatic rings. The van der Waals surface area contributed by atoms with Crippen LogP contribution in [0.2, 0.25) is 0 Å². The Morgan fingerprint density at radius 2 is 1.90 bits per heavy atom. The summed E-state index contributed by atoms with van der Waals surface area (Å²) in [4.78, 5) is 40.6. The summed E-state index contributed by atoms with van der Waals surface area (Å²) in [5.74, 6) is 0.280. The van der Waals surface area contributed by atoms with Crippen LogP contribution in [0.1, 0.15) is 42.3 Å². The number of benzene rings is 2. The number of carbonyl (C=O) groups is 2. The van der Waals surface area contributed by atoms with Gasteiger partial charge in [0.15, 0.2) is 5.84 Å². The average Bonchev–Trinajstić information content (AvgIpc) is 3.34. The van der Waals surface area contributed by atoms with Crippen LogP contribution in [-0.4, -0.2) is 72.6 Å². The molecule has 3 heterocycles. The summed E-state index contributed by atoms with van der Waals surface area (Å²) in [7, 11) is 1.98. The molecule has 0 fully saturated rings. The van der Waals surface area contributed by atoms with Crippen molar-refractivity contribution in [2.45, 2.75) is 26.4 Å². The normalized spacial score (nSPS) is 16.5. The zero-order chi connectivity index (χ0) is 29.3. The molecule has 2 aromatic carbocycles. The van der Waals surface area contributed by atoms with E-state index < -0.39 is 11.6 Å². The van der Waals surface area contributed by atoms with Gasteiger partial charge in [0, 0.05) is 24.7 Å². The first-order chi connectivity index (χ1) is 19.5. The number of nitrogens with two attached hydrogens (primary N) is 1.